The Bertz CT molecular complexity index is 1220. The number of nitrogens with zero attached hydrogens (tertiary/aromatic N) is 3. The zero-order valence-electron chi connectivity index (χ0n) is 15.2. The van der Waals surface area contributed by atoms with Crippen LogP contribution in [0.15, 0.2) is 71.9 Å². The molecular formula is C21H16ClN3O3S. The highest BCUT2D eigenvalue weighted by molar-refractivity contribution is 7.18. The number of hydrogen-bond acceptors (Lipinski definition) is 5. The Morgan fingerprint density at radius 1 is 1.07 bits per heavy atom. The Morgan fingerprint density at radius 3 is 2.52 bits per heavy atom. The first-order valence-corrected chi connectivity index (χ1v) is 10.0. The maximum absolute atomic E-state index is 12.2. The normalized spacial score (nSPS) is 10.9. The van der Waals surface area contributed by atoms with E-state index in [2.05, 4.69) is 4.98 Å². The van der Waals surface area contributed by atoms with E-state index in [1.165, 1.54) is 34.1 Å². The molecule has 0 atom stereocenters. The molecule has 146 valence electrons. The van der Waals surface area contributed by atoms with Gasteiger partial charge in [-0.25, -0.2) is 9.55 Å². The minimum atomic E-state index is -0.306. The van der Waals surface area contributed by atoms with Crippen LogP contribution < -0.4 is 5.56 Å². The molecule has 0 bridgehead atoms. The van der Waals surface area contributed by atoms with E-state index in [0.29, 0.717) is 27.7 Å². The number of pyridine rings is 1. The van der Waals surface area contributed by atoms with Crippen molar-refractivity contribution in [3.05, 3.63) is 92.4 Å². The summed E-state index contributed by atoms with van der Waals surface area (Å²) in [6.45, 7) is 0. The number of aromatic nitrogens is 3. The predicted molar refractivity (Wildman–Crippen MR) is 113 cm³/mol. The molecule has 0 aliphatic carbocycles. The molecule has 1 N–H and O–H groups in total. The van der Waals surface area contributed by atoms with Gasteiger partial charge in [-0.1, -0.05) is 17.7 Å². The van der Waals surface area contributed by atoms with Crippen molar-refractivity contribution < 1.29 is 9.90 Å². The number of imidazole rings is 1. The smallest absolute Gasteiger partial charge is 0.257 e. The molecular weight excluding hydrogens is 410 g/mol. The molecule has 0 spiro atoms. The van der Waals surface area contributed by atoms with Gasteiger partial charge < -0.3 is 9.67 Å². The van der Waals surface area contributed by atoms with Gasteiger partial charge in [-0.05, 0) is 48.9 Å². The molecule has 4 aromatic rings. The number of rotatable bonds is 6. The fraction of sp³-hybridized carbons (Fsp3) is 0.0952. The van der Waals surface area contributed by atoms with Crippen LogP contribution >= 0.6 is 22.9 Å². The second-order valence-electron chi connectivity index (χ2n) is 6.37. The fourth-order valence-electron chi connectivity index (χ4n) is 2.97. The zero-order valence-corrected chi connectivity index (χ0v) is 16.7. The number of carbonyl (C=O) groups is 1. The summed E-state index contributed by atoms with van der Waals surface area (Å²) < 4.78 is 3.68. The van der Waals surface area contributed by atoms with Crippen LogP contribution in [0.5, 0.6) is 5.88 Å². The maximum atomic E-state index is 12.2. The predicted octanol–water partition coefficient (Wildman–Crippen LogP) is 4.26. The Hall–Kier alpha value is -3.16. The van der Waals surface area contributed by atoms with Crippen molar-refractivity contribution in [3.8, 4) is 17.3 Å². The lowest BCUT2D eigenvalue weighted by atomic mass is 10.1. The maximum Gasteiger partial charge on any atom is 0.257 e. The summed E-state index contributed by atoms with van der Waals surface area (Å²) in [6.07, 6.45) is 4.45. The van der Waals surface area contributed by atoms with Gasteiger partial charge in [0, 0.05) is 24.4 Å². The van der Waals surface area contributed by atoms with E-state index in [1.807, 2.05) is 22.9 Å². The van der Waals surface area contributed by atoms with Gasteiger partial charge in [0.1, 0.15) is 0 Å². The molecule has 6 nitrogen and oxygen atoms in total. The highest BCUT2D eigenvalue weighted by Crippen LogP contribution is 2.23. The van der Waals surface area contributed by atoms with Gasteiger partial charge >= 0.3 is 0 Å². The molecule has 8 heteroatoms. The summed E-state index contributed by atoms with van der Waals surface area (Å²) in [4.78, 5) is 29.2. The van der Waals surface area contributed by atoms with Crippen molar-refractivity contribution in [2.75, 3.05) is 0 Å². The van der Waals surface area contributed by atoms with Crippen LogP contribution in [0, 0.1) is 0 Å². The zero-order chi connectivity index (χ0) is 20.4. The highest BCUT2D eigenvalue weighted by atomic mass is 35.5. The van der Waals surface area contributed by atoms with E-state index in [-0.39, 0.29) is 17.2 Å². The number of thiophene rings is 1. The third kappa shape index (κ3) is 4.16. The number of hydrogen-bond donors (Lipinski definition) is 1. The number of aryl methyl sites for hydroxylation is 1. The quantitative estimate of drug-likeness (QED) is 0.468. The first-order chi connectivity index (χ1) is 14.0. The van der Waals surface area contributed by atoms with Crippen LogP contribution in [-0.4, -0.2) is 25.0 Å². The summed E-state index contributed by atoms with van der Waals surface area (Å²) in [5, 5.41) is 9.94. The molecule has 3 aromatic heterocycles. The van der Waals surface area contributed by atoms with Crippen molar-refractivity contribution in [1.29, 1.82) is 0 Å². The molecule has 0 unspecified atom stereocenters. The lowest BCUT2D eigenvalue weighted by Gasteiger charge is -2.09. The van der Waals surface area contributed by atoms with Crippen LogP contribution in [-0.2, 0) is 6.42 Å². The third-order valence-electron chi connectivity index (χ3n) is 4.43. The highest BCUT2D eigenvalue weighted by Gasteiger charge is 2.11. The molecule has 0 aliphatic heterocycles. The summed E-state index contributed by atoms with van der Waals surface area (Å²) in [5.41, 5.74) is 1.92. The van der Waals surface area contributed by atoms with Crippen molar-refractivity contribution in [3.63, 3.8) is 0 Å². The summed E-state index contributed by atoms with van der Waals surface area (Å²) in [6, 6.07) is 15.0. The number of aromatic hydroxyl groups is 1. The van der Waals surface area contributed by atoms with E-state index >= 15 is 0 Å². The molecule has 1 aromatic carbocycles. The molecule has 0 saturated heterocycles. The Balaban J connectivity index is 1.47. The molecule has 0 saturated carbocycles. The molecule has 0 amide bonds. The van der Waals surface area contributed by atoms with Gasteiger partial charge in [-0.15, -0.1) is 11.3 Å². The SMILES string of the molecule is O=C(CCc1cn(-c2ccc(-n3c(O)cccc3=O)cc2)cn1)c1ccc(Cl)s1. The fourth-order valence-corrected chi connectivity index (χ4v) is 3.99. The van der Waals surface area contributed by atoms with Gasteiger partial charge in [0.25, 0.3) is 5.56 Å². The third-order valence-corrected chi connectivity index (χ3v) is 5.70. The summed E-state index contributed by atoms with van der Waals surface area (Å²) >= 11 is 7.16. The number of ketones is 1. The monoisotopic (exact) mass is 425 g/mol. The first-order valence-electron chi connectivity index (χ1n) is 8.84. The van der Waals surface area contributed by atoms with Gasteiger partial charge in [-0.3, -0.25) is 9.59 Å². The van der Waals surface area contributed by atoms with Crippen LogP contribution in [0.4, 0.5) is 0 Å². The lowest BCUT2D eigenvalue weighted by Crippen LogP contribution is -2.16. The number of Topliss-reactive ketones (excluding diaryl/α,β-unsaturated/α-hetero) is 1. The minimum Gasteiger partial charge on any atom is -0.494 e. The van der Waals surface area contributed by atoms with Crippen molar-refractivity contribution in [1.82, 2.24) is 14.1 Å². The Labute approximate surface area is 175 Å². The lowest BCUT2D eigenvalue weighted by molar-refractivity contribution is 0.0986. The van der Waals surface area contributed by atoms with Crippen LogP contribution in [0.1, 0.15) is 21.8 Å². The Morgan fingerprint density at radius 2 is 1.83 bits per heavy atom. The summed E-state index contributed by atoms with van der Waals surface area (Å²) in [5.74, 6) is -0.0687. The number of carbonyl (C=O) groups excluding carboxylic acids is 1. The van der Waals surface area contributed by atoms with Crippen molar-refractivity contribution in [2.24, 2.45) is 0 Å². The van der Waals surface area contributed by atoms with E-state index in [0.717, 1.165) is 11.4 Å². The average Bonchev–Trinajstić information content (AvgIpc) is 3.36. The van der Waals surface area contributed by atoms with Crippen LogP contribution in [0.3, 0.4) is 0 Å². The van der Waals surface area contributed by atoms with E-state index in [9.17, 15) is 14.7 Å². The van der Waals surface area contributed by atoms with E-state index < -0.39 is 0 Å². The first kappa shape index (κ1) is 19.2. The van der Waals surface area contributed by atoms with Gasteiger partial charge in [0.15, 0.2) is 11.7 Å². The molecule has 3 heterocycles. The molecule has 0 aliphatic rings. The average molecular weight is 426 g/mol. The summed E-state index contributed by atoms with van der Waals surface area (Å²) in [7, 11) is 0. The number of halogens is 1. The largest absolute Gasteiger partial charge is 0.494 e. The van der Waals surface area contributed by atoms with Gasteiger partial charge in [0.05, 0.1) is 26.9 Å². The van der Waals surface area contributed by atoms with E-state index in [1.54, 1.807) is 30.6 Å². The van der Waals surface area contributed by atoms with Crippen LogP contribution in [0.25, 0.3) is 11.4 Å². The second-order valence-corrected chi connectivity index (χ2v) is 8.09. The Kier molecular flexibility index (Phi) is 5.33. The molecule has 0 radical (unpaired) electrons. The number of benzene rings is 1. The topological polar surface area (TPSA) is 77.1 Å². The van der Waals surface area contributed by atoms with E-state index in [4.69, 9.17) is 11.6 Å². The van der Waals surface area contributed by atoms with Gasteiger partial charge in [-0.2, -0.15) is 0 Å². The molecule has 0 fully saturated rings. The van der Waals surface area contributed by atoms with Crippen LogP contribution in [0.2, 0.25) is 4.34 Å². The standard InChI is InChI=1S/C21H16ClN3O3S/c22-19-11-10-18(29-19)17(26)9-4-14-12-24(13-23-14)15-5-7-16(8-6-15)25-20(27)2-1-3-21(25)28/h1-3,5-8,10-13,27H,4,9H2. The van der Waals surface area contributed by atoms with Gasteiger partial charge in [0.2, 0.25) is 0 Å². The minimum absolute atomic E-state index is 0.0499. The second kappa shape index (κ2) is 8.06. The van der Waals surface area contributed by atoms with Crippen molar-refractivity contribution in [2.45, 2.75) is 12.8 Å². The molecule has 29 heavy (non-hydrogen) atoms. The van der Waals surface area contributed by atoms with Crippen molar-refractivity contribution >= 4 is 28.7 Å². The molecule has 4 rings (SSSR count).